The average molecular weight is 382 g/mol. The van der Waals surface area contributed by atoms with Crippen molar-refractivity contribution in [1.82, 2.24) is 10.3 Å². The number of carbonyl (C=O) groups is 1. The molecule has 1 saturated heterocycles. The van der Waals surface area contributed by atoms with Crippen LogP contribution in [0.5, 0.6) is 11.6 Å². The normalized spacial score (nSPS) is 22.2. The van der Waals surface area contributed by atoms with Crippen LogP contribution in [0.25, 0.3) is 0 Å². The largest absolute Gasteiger partial charge is 0.438 e. The second kappa shape index (κ2) is 6.73. The maximum absolute atomic E-state index is 13.0. The number of benzene rings is 2. The van der Waals surface area contributed by atoms with Gasteiger partial charge in [-0.05, 0) is 54.4 Å². The third-order valence-electron chi connectivity index (χ3n) is 5.74. The molecule has 1 spiro atoms. The summed E-state index contributed by atoms with van der Waals surface area (Å²) < 4.78 is 5.78. The zero-order valence-electron chi connectivity index (χ0n) is 15.6. The Morgan fingerprint density at radius 2 is 1.93 bits per heavy atom. The first-order valence-electron chi connectivity index (χ1n) is 9.49. The quantitative estimate of drug-likeness (QED) is 0.722. The summed E-state index contributed by atoms with van der Waals surface area (Å²) in [6.07, 6.45) is 2.34. The van der Waals surface area contributed by atoms with Gasteiger partial charge >= 0.3 is 0 Å². The Bertz CT molecular complexity index is 1140. The highest BCUT2D eigenvalue weighted by molar-refractivity contribution is 6.07. The summed E-state index contributed by atoms with van der Waals surface area (Å²) in [5.41, 5.74) is 2.74. The van der Waals surface area contributed by atoms with Crippen LogP contribution in [0, 0.1) is 11.3 Å². The van der Waals surface area contributed by atoms with Gasteiger partial charge in [0.15, 0.2) is 0 Å². The molecule has 29 heavy (non-hydrogen) atoms. The summed E-state index contributed by atoms with van der Waals surface area (Å²) in [7, 11) is 0. The number of amides is 1. The fourth-order valence-corrected chi connectivity index (χ4v) is 4.40. The number of hydrogen-bond acceptors (Lipinski definition) is 5. The number of nitrogens with one attached hydrogen (secondary N) is 2. The first-order chi connectivity index (χ1) is 14.2. The summed E-state index contributed by atoms with van der Waals surface area (Å²) in [4.78, 5) is 17.1. The van der Waals surface area contributed by atoms with Crippen molar-refractivity contribution in [2.75, 3.05) is 11.9 Å². The molecule has 0 aliphatic carbocycles. The molecule has 2 N–H and O–H groups in total. The van der Waals surface area contributed by atoms with Crippen LogP contribution in [0.2, 0.25) is 0 Å². The number of nitrogens with zero attached hydrogens (tertiary/aromatic N) is 2. The molecule has 0 saturated carbocycles. The maximum Gasteiger partial charge on any atom is 0.237 e. The third kappa shape index (κ3) is 2.67. The second-order valence-electron chi connectivity index (χ2n) is 7.25. The van der Waals surface area contributed by atoms with E-state index in [2.05, 4.69) is 21.7 Å². The minimum Gasteiger partial charge on any atom is -0.438 e. The molecule has 1 fully saturated rings. The highest BCUT2D eigenvalue weighted by Gasteiger charge is 2.55. The molecule has 5 rings (SSSR count). The van der Waals surface area contributed by atoms with Crippen LogP contribution in [-0.4, -0.2) is 17.4 Å². The van der Waals surface area contributed by atoms with Crippen LogP contribution in [0.4, 0.5) is 5.69 Å². The first kappa shape index (κ1) is 17.4. The number of ether oxygens (including phenoxy) is 1. The van der Waals surface area contributed by atoms with E-state index >= 15 is 0 Å². The van der Waals surface area contributed by atoms with Crippen LogP contribution >= 0.6 is 0 Å². The van der Waals surface area contributed by atoms with E-state index in [1.807, 2.05) is 48.5 Å². The molecule has 3 heterocycles. The summed E-state index contributed by atoms with van der Waals surface area (Å²) in [5.74, 6) is 0.913. The highest BCUT2D eigenvalue weighted by atomic mass is 16.5. The van der Waals surface area contributed by atoms with E-state index in [-0.39, 0.29) is 17.8 Å². The summed E-state index contributed by atoms with van der Waals surface area (Å²) in [6, 6.07) is 20.8. The lowest BCUT2D eigenvalue weighted by Crippen LogP contribution is -2.39. The van der Waals surface area contributed by atoms with Gasteiger partial charge in [0.25, 0.3) is 0 Å². The molecule has 2 atom stereocenters. The SMILES string of the molecule is N#Cc1cccnc1Oc1ccc(C2NCCC23C(=O)Nc2ccccc23)cc1. The van der Waals surface area contributed by atoms with Gasteiger partial charge in [-0.3, -0.25) is 4.79 Å². The van der Waals surface area contributed by atoms with Crippen LogP contribution in [0.3, 0.4) is 0 Å². The standard InChI is InChI=1S/C23H18N4O2/c24-14-16-4-3-12-26-21(16)29-17-9-7-15(8-10-17)20-23(11-13-25-20)18-5-1-2-6-19(18)27-22(23)28/h1-10,12,20,25H,11,13H2,(H,27,28). The number of aromatic nitrogens is 1. The van der Waals surface area contributed by atoms with Gasteiger partial charge in [0, 0.05) is 11.9 Å². The molecule has 2 unspecified atom stereocenters. The average Bonchev–Trinajstić information content (AvgIpc) is 3.32. The Morgan fingerprint density at radius 1 is 1.10 bits per heavy atom. The van der Waals surface area contributed by atoms with Crippen LogP contribution in [0.1, 0.15) is 29.2 Å². The molecular weight excluding hydrogens is 364 g/mol. The van der Waals surface area contributed by atoms with Gasteiger partial charge in [-0.1, -0.05) is 30.3 Å². The Labute approximate surface area is 168 Å². The van der Waals surface area contributed by atoms with Gasteiger partial charge in [-0.2, -0.15) is 5.26 Å². The van der Waals surface area contributed by atoms with Crippen molar-refractivity contribution in [2.45, 2.75) is 17.9 Å². The molecule has 0 radical (unpaired) electrons. The molecule has 6 heteroatoms. The van der Waals surface area contributed by atoms with Crippen molar-refractivity contribution in [3.63, 3.8) is 0 Å². The lowest BCUT2D eigenvalue weighted by Gasteiger charge is -2.29. The molecule has 6 nitrogen and oxygen atoms in total. The minimum absolute atomic E-state index is 0.0428. The fraction of sp³-hybridized carbons (Fsp3) is 0.174. The zero-order chi connectivity index (χ0) is 19.8. The molecule has 3 aromatic rings. The van der Waals surface area contributed by atoms with E-state index in [0.29, 0.717) is 11.3 Å². The maximum atomic E-state index is 13.0. The minimum atomic E-state index is -0.603. The molecule has 142 valence electrons. The predicted octanol–water partition coefficient (Wildman–Crippen LogP) is 3.67. The molecule has 2 aliphatic heterocycles. The van der Waals surface area contributed by atoms with Crippen molar-refractivity contribution in [2.24, 2.45) is 0 Å². The Balaban J connectivity index is 1.46. The van der Waals surface area contributed by atoms with Gasteiger partial charge in [0.1, 0.15) is 17.4 Å². The van der Waals surface area contributed by atoms with E-state index in [1.54, 1.807) is 18.3 Å². The molecular formula is C23H18N4O2. The van der Waals surface area contributed by atoms with E-state index < -0.39 is 5.41 Å². The van der Waals surface area contributed by atoms with E-state index in [0.717, 1.165) is 29.8 Å². The van der Waals surface area contributed by atoms with Crippen molar-refractivity contribution in [3.8, 4) is 17.7 Å². The third-order valence-corrected chi connectivity index (χ3v) is 5.74. The van der Waals surface area contributed by atoms with Gasteiger partial charge < -0.3 is 15.4 Å². The van der Waals surface area contributed by atoms with Crippen LogP contribution in [-0.2, 0) is 10.2 Å². The van der Waals surface area contributed by atoms with E-state index in [1.165, 1.54) is 0 Å². The molecule has 1 amide bonds. The highest BCUT2D eigenvalue weighted by Crippen LogP contribution is 2.51. The summed E-state index contributed by atoms with van der Waals surface area (Å²) in [6.45, 7) is 0.768. The van der Waals surface area contributed by atoms with Crippen molar-refractivity contribution in [3.05, 3.63) is 83.6 Å². The smallest absolute Gasteiger partial charge is 0.237 e. The van der Waals surface area contributed by atoms with Crippen molar-refractivity contribution in [1.29, 1.82) is 5.26 Å². The predicted molar refractivity (Wildman–Crippen MR) is 108 cm³/mol. The molecule has 2 aliphatic rings. The number of nitriles is 1. The Kier molecular flexibility index (Phi) is 4.04. The second-order valence-corrected chi connectivity index (χ2v) is 7.25. The summed E-state index contributed by atoms with van der Waals surface area (Å²) >= 11 is 0. The van der Waals surface area contributed by atoms with Gasteiger partial charge in [0.05, 0.1) is 11.5 Å². The van der Waals surface area contributed by atoms with Gasteiger partial charge in [-0.15, -0.1) is 0 Å². The monoisotopic (exact) mass is 382 g/mol. The molecule has 1 aromatic heterocycles. The number of para-hydroxylation sites is 1. The lowest BCUT2D eigenvalue weighted by molar-refractivity contribution is -0.121. The van der Waals surface area contributed by atoms with Crippen LogP contribution in [0.15, 0.2) is 66.9 Å². The number of pyridine rings is 1. The summed E-state index contributed by atoms with van der Waals surface area (Å²) in [5, 5.41) is 15.7. The van der Waals surface area contributed by atoms with E-state index in [4.69, 9.17) is 4.74 Å². The Morgan fingerprint density at radius 3 is 2.76 bits per heavy atom. The van der Waals surface area contributed by atoms with Gasteiger partial charge in [0.2, 0.25) is 11.8 Å². The number of rotatable bonds is 3. The van der Waals surface area contributed by atoms with E-state index in [9.17, 15) is 10.1 Å². The van der Waals surface area contributed by atoms with Crippen molar-refractivity contribution < 1.29 is 9.53 Å². The molecule has 2 aromatic carbocycles. The molecule has 0 bridgehead atoms. The zero-order valence-corrected chi connectivity index (χ0v) is 15.6. The first-order valence-corrected chi connectivity index (χ1v) is 9.49. The Hall–Kier alpha value is -3.69. The number of fused-ring (bicyclic) bond motifs is 2. The number of carbonyl (C=O) groups excluding carboxylic acids is 1. The van der Waals surface area contributed by atoms with Crippen molar-refractivity contribution >= 4 is 11.6 Å². The fourth-order valence-electron chi connectivity index (χ4n) is 4.40. The van der Waals surface area contributed by atoms with Gasteiger partial charge in [-0.25, -0.2) is 4.98 Å². The number of anilines is 1. The number of hydrogen-bond donors (Lipinski definition) is 2. The topological polar surface area (TPSA) is 87.0 Å². The lowest BCUT2D eigenvalue weighted by atomic mass is 9.73. The van der Waals surface area contributed by atoms with Crippen LogP contribution < -0.4 is 15.4 Å².